The van der Waals surface area contributed by atoms with Crippen molar-refractivity contribution in [3.05, 3.63) is 35.4 Å². The molecule has 8 nitrogen and oxygen atoms in total. The van der Waals surface area contributed by atoms with Crippen LogP contribution in [0.5, 0.6) is 0 Å². The number of rotatable bonds is 5. The van der Waals surface area contributed by atoms with E-state index in [2.05, 4.69) is 16.7 Å². The maximum absolute atomic E-state index is 13.4. The minimum atomic E-state index is -3.60. The summed E-state index contributed by atoms with van der Waals surface area (Å²) in [6.45, 7) is 3.65. The number of sulfone groups is 1. The fraction of sp³-hybridized carbons (Fsp3) is 0.625. The zero-order valence-corrected chi connectivity index (χ0v) is 20.1. The Morgan fingerprint density at radius 2 is 1.85 bits per heavy atom. The number of carbonyl (C=O) groups excluding carboxylic acids is 3. The van der Waals surface area contributed by atoms with Crippen LogP contribution in [0.15, 0.2) is 24.3 Å². The van der Waals surface area contributed by atoms with Gasteiger partial charge in [-0.25, -0.2) is 8.42 Å². The van der Waals surface area contributed by atoms with Gasteiger partial charge in [0.1, 0.15) is 17.5 Å². The van der Waals surface area contributed by atoms with E-state index in [0.29, 0.717) is 12.8 Å². The van der Waals surface area contributed by atoms with Crippen LogP contribution in [0, 0.1) is 5.92 Å². The molecule has 0 aromatic heterocycles. The molecule has 3 amide bonds. The summed E-state index contributed by atoms with van der Waals surface area (Å²) in [6, 6.07) is 6.07. The van der Waals surface area contributed by atoms with Crippen molar-refractivity contribution in [2.24, 2.45) is 5.92 Å². The topological polar surface area (TPSA) is 113 Å². The second-order valence-corrected chi connectivity index (χ2v) is 11.7. The molecule has 1 aliphatic carbocycles. The highest BCUT2D eigenvalue weighted by Gasteiger charge is 2.51. The second kappa shape index (κ2) is 9.44. The first-order chi connectivity index (χ1) is 15.7. The van der Waals surface area contributed by atoms with Crippen LogP contribution in [0.1, 0.15) is 69.5 Å². The molecule has 3 aliphatic rings. The van der Waals surface area contributed by atoms with E-state index in [1.54, 1.807) is 6.92 Å². The Morgan fingerprint density at radius 1 is 1.09 bits per heavy atom. The van der Waals surface area contributed by atoms with Crippen LogP contribution in [-0.4, -0.2) is 54.2 Å². The van der Waals surface area contributed by atoms with E-state index in [9.17, 15) is 22.8 Å². The molecule has 180 valence electrons. The molecule has 2 N–H and O–H groups in total. The number of hydrogen-bond donors (Lipinski definition) is 2. The third-order valence-electron chi connectivity index (χ3n) is 7.36. The molecule has 1 aromatic rings. The highest BCUT2D eigenvalue weighted by Crippen LogP contribution is 2.34. The number of aryl methyl sites for hydroxylation is 1. The van der Waals surface area contributed by atoms with Gasteiger partial charge in [0.25, 0.3) is 0 Å². The highest BCUT2D eigenvalue weighted by atomic mass is 32.2. The van der Waals surface area contributed by atoms with Crippen molar-refractivity contribution in [1.82, 2.24) is 15.5 Å². The smallest absolute Gasteiger partial charge is 0.246 e. The molecule has 33 heavy (non-hydrogen) atoms. The lowest BCUT2D eigenvalue weighted by Crippen LogP contribution is -2.56. The SMILES string of the molecule is CC[C@@H](C)C(=O)N[C@H]1CCS(=O)(=O)[C@H]2CC[C@@H](C(=O)N[C@@H]3CCCc4ccccc43)N2C1=O. The zero-order valence-electron chi connectivity index (χ0n) is 19.2. The summed E-state index contributed by atoms with van der Waals surface area (Å²) >= 11 is 0. The number of carbonyl (C=O) groups is 3. The van der Waals surface area contributed by atoms with Crippen molar-refractivity contribution >= 4 is 27.6 Å². The van der Waals surface area contributed by atoms with Gasteiger partial charge in [-0.3, -0.25) is 14.4 Å². The molecule has 5 atom stereocenters. The van der Waals surface area contributed by atoms with Crippen LogP contribution in [0.4, 0.5) is 0 Å². The first-order valence-electron chi connectivity index (χ1n) is 11.9. The molecule has 2 fully saturated rings. The summed E-state index contributed by atoms with van der Waals surface area (Å²) in [4.78, 5) is 40.5. The molecule has 0 radical (unpaired) electrons. The van der Waals surface area contributed by atoms with Gasteiger partial charge in [-0.15, -0.1) is 0 Å². The number of benzene rings is 1. The normalized spacial score (nSPS) is 29.4. The minimum absolute atomic E-state index is 0.0285. The summed E-state index contributed by atoms with van der Waals surface area (Å²) in [5.41, 5.74) is 2.29. The van der Waals surface area contributed by atoms with E-state index in [1.807, 2.05) is 25.1 Å². The third-order valence-corrected chi connectivity index (χ3v) is 9.45. The predicted molar refractivity (Wildman–Crippen MR) is 124 cm³/mol. The molecule has 2 aliphatic heterocycles. The lowest BCUT2D eigenvalue weighted by molar-refractivity contribution is -0.142. The Kier molecular flexibility index (Phi) is 6.79. The first kappa shape index (κ1) is 23.7. The average Bonchev–Trinajstić information content (AvgIpc) is 3.24. The van der Waals surface area contributed by atoms with Gasteiger partial charge in [-0.1, -0.05) is 38.1 Å². The van der Waals surface area contributed by atoms with Gasteiger partial charge in [0.2, 0.25) is 17.7 Å². The molecule has 2 heterocycles. The molecule has 0 spiro atoms. The van der Waals surface area contributed by atoms with E-state index in [4.69, 9.17) is 0 Å². The van der Waals surface area contributed by atoms with Crippen LogP contribution in [-0.2, 0) is 30.6 Å². The number of fused-ring (bicyclic) bond motifs is 2. The van der Waals surface area contributed by atoms with Gasteiger partial charge in [0.15, 0.2) is 9.84 Å². The van der Waals surface area contributed by atoms with Crippen molar-refractivity contribution in [3.8, 4) is 0 Å². The van der Waals surface area contributed by atoms with Gasteiger partial charge in [0, 0.05) is 5.92 Å². The lowest BCUT2D eigenvalue weighted by Gasteiger charge is -2.32. The summed E-state index contributed by atoms with van der Waals surface area (Å²) < 4.78 is 25.9. The number of hydrogen-bond acceptors (Lipinski definition) is 5. The Labute approximate surface area is 195 Å². The number of nitrogens with zero attached hydrogens (tertiary/aromatic N) is 1. The van der Waals surface area contributed by atoms with Crippen LogP contribution < -0.4 is 10.6 Å². The zero-order chi connectivity index (χ0) is 23.8. The van der Waals surface area contributed by atoms with Gasteiger partial charge in [0.05, 0.1) is 11.8 Å². The molecule has 0 saturated carbocycles. The monoisotopic (exact) mass is 475 g/mol. The van der Waals surface area contributed by atoms with Crippen LogP contribution in [0.2, 0.25) is 0 Å². The van der Waals surface area contributed by atoms with Gasteiger partial charge >= 0.3 is 0 Å². The fourth-order valence-electron chi connectivity index (χ4n) is 5.21. The third kappa shape index (κ3) is 4.65. The summed E-state index contributed by atoms with van der Waals surface area (Å²) in [5, 5.41) is 4.81. The van der Waals surface area contributed by atoms with Gasteiger partial charge < -0.3 is 15.5 Å². The second-order valence-electron chi connectivity index (χ2n) is 9.47. The van der Waals surface area contributed by atoms with Crippen LogP contribution >= 0.6 is 0 Å². The van der Waals surface area contributed by atoms with E-state index < -0.39 is 33.2 Å². The number of amides is 3. The Morgan fingerprint density at radius 3 is 2.61 bits per heavy atom. The van der Waals surface area contributed by atoms with Crippen molar-refractivity contribution in [1.29, 1.82) is 0 Å². The molecular weight excluding hydrogens is 442 g/mol. The standard InChI is InChI=1S/C24H33N3O5S/c1-3-15(2)22(28)26-19-13-14-33(31,32)21-12-11-20(27(21)24(19)30)23(29)25-18-10-6-8-16-7-4-5-9-17(16)18/h4-5,7,9,15,18-21H,3,6,8,10-14H2,1-2H3,(H,25,29)(H,26,28)/t15-,18-,19+,20+,21+/m1/s1. The predicted octanol–water partition coefficient (Wildman–Crippen LogP) is 1.85. The minimum Gasteiger partial charge on any atom is -0.347 e. The molecule has 0 bridgehead atoms. The molecular formula is C24H33N3O5S. The highest BCUT2D eigenvalue weighted by molar-refractivity contribution is 7.92. The Balaban J connectivity index is 1.55. The van der Waals surface area contributed by atoms with Gasteiger partial charge in [-0.05, 0) is 56.1 Å². The fourth-order valence-corrected chi connectivity index (χ4v) is 7.14. The number of nitrogens with one attached hydrogen (secondary N) is 2. The van der Waals surface area contributed by atoms with Crippen LogP contribution in [0.3, 0.4) is 0 Å². The first-order valence-corrected chi connectivity index (χ1v) is 13.7. The summed E-state index contributed by atoms with van der Waals surface area (Å²) in [5.74, 6) is -1.53. The van der Waals surface area contributed by atoms with E-state index in [-0.39, 0.29) is 42.4 Å². The van der Waals surface area contributed by atoms with E-state index in [0.717, 1.165) is 24.8 Å². The Bertz CT molecular complexity index is 1040. The molecule has 2 saturated heterocycles. The summed E-state index contributed by atoms with van der Waals surface area (Å²) in [6.07, 6.45) is 3.90. The average molecular weight is 476 g/mol. The maximum Gasteiger partial charge on any atom is 0.246 e. The van der Waals surface area contributed by atoms with Crippen LogP contribution in [0.25, 0.3) is 0 Å². The van der Waals surface area contributed by atoms with Crippen molar-refractivity contribution < 1.29 is 22.8 Å². The Hall–Kier alpha value is -2.42. The molecule has 9 heteroatoms. The quantitative estimate of drug-likeness (QED) is 0.675. The molecule has 4 rings (SSSR count). The molecule has 1 aromatic carbocycles. The van der Waals surface area contributed by atoms with Crippen molar-refractivity contribution in [3.63, 3.8) is 0 Å². The van der Waals surface area contributed by atoms with Crippen molar-refractivity contribution in [2.75, 3.05) is 5.75 Å². The molecule has 0 unspecified atom stereocenters. The maximum atomic E-state index is 13.4. The largest absolute Gasteiger partial charge is 0.347 e. The lowest BCUT2D eigenvalue weighted by atomic mass is 9.87. The van der Waals surface area contributed by atoms with Gasteiger partial charge in [-0.2, -0.15) is 0 Å². The van der Waals surface area contributed by atoms with Crippen molar-refractivity contribution in [2.45, 2.75) is 82.3 Å². The van der Waals surface area contributed by atoms with E-state index >= 15 is 0 Å². The summed E-state index contributed by atoms with van der Waals surface area (Å²) in [7, 11) is -3.60. The van der Waals surface area contributed by atoms with E-state index in [1.165, 1.54) is 10.5 Å².